The van der Waals surface area contributed by atoms with Crippen molar-refractivity contribution in [2.45, 2.75) is 25.4 Å². The van der Waals surface area contributed by atoms with E-state index in [2.05, 4.69) is 11.0 Å². The average molecular weight is 414 g/mol. The lowest BCUT2D eigenvalue weighted by Gasteiger charge is -2.37. The molecule has 1 aliphatic heterocycles. The van der Waals surface area contributed by atoms with Crippen molar-refractivity contribution in [2.24, 2.45) is 0 Å². The van der Waals surface area contributed by atoms with Gasteiger partial charge in [0.2, 0.25) is 0 Å². The third-order valence-electron chi connectivity index (χ3n) is 5.53. The summed E-state index contributed by atoms with van der Waals surface area (Å²) in [7, 11) is 1.55. The minimum atomic E-state index is -0.944. The molecule has 3 rings (SSSR count). The predicted octanol–water partition coefficient (Wildman–Crippen LogP) is 1.78. The van der Waals surface area contributed by atoms with Gasteiger partial charge in [-0.25, -0.2) is 0 Å². The number of carboxylic acids is 2. The Hall–Kier alpha value is -3.09. The summed E-state index contributed by atoms with van der Waals surface area (Å²) in [5.74, 6) is -1.24. The van der Waals surface area contributed by atoms with Crippen LogP contribution in [0.25, 0.3) is 10.9 Å². The maximum absolute atomic E-state index is 12.3. The number of piperazine rings is 1. The topological polar surface area (TPSA) is 119 Å². The number of nitrogens with zero attached hydrogens (tertiary/aromatic N) is 4. The van der Waals surface area contributed by atoms with Crippen molar-refractivity contribution in [2.75, 3.05) is 39.8 Å². The summed E-state index contributed by atoms with van der Waals surface area (Å²) in [6.45, 7) is 3.50. The standard InChI is InChI=1S/C21H26N4O5/c1-30-15-3-4-18-16(13-15)17(14-25(18)8-5-19(26)27)20(21(28)29)24-11-9-23(10-12-24)7-2-6-22/h3-4,13-14,20H,2,5,7-12H2,1H3,(H,26,27)(H,28,29)/t20-/m1/s1. The van der Waals surface area contributed by atoms with E-state index in [0.29, 0.717) is 50.5 Å². The molecule has 0 radical (unpaired) electrons. The van der Waals surface area contributed by atoms with Gasteiger partial charge in [0.25, 0.3) is 0 Å². The molecule has 1 atom stereocenters. The molecular weight excluding hydrogens is 388 g/mol. The Labute approximate surface area is 174 Å². The zero-order chi connectivity index (χ0) is 21.7. The summed E-state index contributed by atoms with van der Waals surface area (Å²) in [6, 6.07) is 6.72. The van der Waals surface area contributed by atoms with Gasteiger partial charge in [0, 0.05) is 68.4 Å². The van der Waals surface area contributed by atoms with Crippen LogP contribution in [0.1, 0.15) is 24.4 Å². The molecular formula is C21H26N4O5. The van der Waals surface area contributed by atoms with Gasteiger partial charge in [-0.3, -0.25) is 19.4 Å². The molecule has 9 heteroatoms. The van der Waals surface area contributed by atoms with Gasteiger partial charge in [-0.2, -0.15) is 5.26 Å². The molecule has 2 heterocycles. The first kappa shape index (κ1) is 21.6. The molecule has 2 N–H and O–H groups in total. The molecule has 1 aromatic heterocycles. The molecule has 1 saturated heterocycles. The van der Waals surface area contributed by atoms with Gasteiger partial charge in [0.15, 0.2) is 0 Å². The quantitative estimate of drug-likeness (QED) is 0.637. The highest BCUT2D eigenvalue weighted by Crippen LogP contribution is 2.33. The number of benzene rings is 1. The van der Waals surface area contributed by atoms with Crippen molar-refractivity contribution >= 4 is 22.8 Å². The van der Waals surface area contributed by atoms with Crippen molar-refractivity contribution in [1.29, 1.82) is 5.26 Å². The maximum Gasteiger partial charge on any atom is 0.325 e. The van der Waals surface area contributed by atoms with Gasteiger partial charge in [-0.1, -0.05) is 0 Å². The molecule has 0 amide bonds. The van der Waals surface area contributed by atoms with E-state index >= 15 is 0 Å². The van der Waals surface area contributed by atoms with E-state index in [-0.39, 0.29) is 13.0 Å². The normalized spacial score (nSPS) is 16.3. The molecule has 30 heavy (non-hydrogen) atoms. The van der Waals surface area contributed by atoms with Crippen molar-refractivity contribution in [3.8, 4) is 11.8 Å². The Balaban J connectivity index is 1.94. The first-order valence-electron chi connectivity index (χ1n) is 9.89. The van der Waals surface area contributed by atoms with Crippen LogP contribution in [0.15, 0.2) is 24.4 Å². The van der Waals surface area contributed by atoms with Gasteiger partial charge in [-0.05, 0) is 18.2 Å². The summed E-state index contributed by atoms with van der Waals surface area (Å²) < 4.78 is 7.13. The van der Waals surface area contributed by atoms with E-state index < -0.39 is 18.0 Å². The lowest BCUT2D eigenvalue weighted by atomic mass is 10.0. The number of hydrogen-bond acceptors (Lipinski definition) is 6. The molecule has 0 bridgehead atoms. The number of fused-ring (bicyclic) bond motifs is 1. The summed E-state index contributed by atoms with van der Waals surface area (Å²) >= 11 is 0. The summed E-state index contributed by atoms with van der Waals surface area (Å²) in [5, 5.41) is 28.6. The highest BCUT2D eigenvalue weighted by molar-refractivity contribution is 5.90. The van der Waals surface area contributed by atoms with E-state index in [4.69, 9.17) is 15.1 Å². The fraction of sp³-hybridized carbons (Fsp3) is 0.476. The highest BCUT2D eigenvalue weighted by atomic mass is 16.5. The van der Waals surface area contributed by atoms with Gasteiger partial charge in [0.1, 0.15) is 11.8 Å². The number of aliphatic carboxylic acids is 2. The Morgan fingerprint density at radius 2 is 1.93 bits per heavy atom. The van der Waals surface area contributed by atoms with Gasteiger partial charge in [0.05, 0.1) is 19.6 Å². The maximum atomic E-state index is 12.3. The molecule has 0 spiro atoms. The van der Waals surface area contributed by atoms with Gasteiger partial charge < -0.3 is 19.5 Å². The number of hydrogen-bond donors (Lipinski definition) is 2. The Kier molecular flexibility index (Phi) is 6.92. The molecule has 1 aliphatic rings. The number of nitriles is 1. The second-order valence-electron chi connectivity index (χ2n) is 7.33. The van der Waals surface area contributed by atoms with Gasteiger partial charge >= 0.3 is 11.9 Å². The van der Waals surface area contributed by atoms with E-state index in [1.165, 1.54) is 0 Å². The zero-order valence-corrected chi connectivity index (χ0v) is 17.0. The zero-order valence-electron chi connectivity index (χ0n) is 17.0. The first-order valence-corrected chi connectivity index (χ1v) is 9.89. The number of rotatable bonds is 9. The SMILES string of the molecule is COc1ccc2c(c1)c([C@H](C(=O)O)N1CCN(CCC#N)CC1)cn2CCC(=O)O. The number of carbonyl (C=O) groups is 2. The van der Waals surface area contributed by atoms with E-state index in [0.717, 1.165) is 10.9 Å². The van der Waals surface area contributed by atoms with E-state index in [1.807, 2.05) is 11.0 Å². The van der Waals surface area contributed by atoms with Crippen molar-refractivity contribution in [3.05, 3.63) is 30.0 Å². The fourth-order valence-electron chi connectivity index (χ4n) is 3.99. The largest absolute Gasteiger partial charge is 0.497 e. The smallest absolute Gasteiger partial charge is 0.325 e. The number of aromatic nitrogens is 1. The van der Waals surface area contributed by atoms with E-state index in [9.17, 15) is 14.7 Å². The average Bonchev–Trinajstić information content (AvgIpc) is 3.09. The molecule has 0 aliphatic carbocycles. The Morgan fingerprint density at radius 3 is 2.53 bits per heavy atom. The molecule has 2 aromatic rings. The lowest BCUT2D eigenvalue weighted by Crippen LogP contribution is -2.49. The van der Waals surface area contributed by atoms with Crippen molar-refractivity contribution < 1.29 is 24.5 Å². The van der Waals surface area contributed by atoms with Crippen LogP contribution in [0.2, 0.25) is 0 Å². The molecule has 9 nitrogen and oxygen atoms in total. The molecule has 1 aromatic carbocycles. The summed E-state index contributed by atoms with van der Waals surface area (Å²) in [4.78, 5) is 27.4. The summed E-state index contributed by atoms with van der Waals surface area (Å²) in [6.07, 6.45) is 2.16. The fourth-order valence-corrected chi connectivity index (χ4v) is 3.99. The highest BCUT2D eigenvalue weighted by Gasteiger charge is 2.32. The number of aryl methyl sites for hydroxylation is 1. The number of methoxy groups -OCH3 is 1. The second-order valence-corrected chi connectivity index (χ2v) is 7.33. The van der Waals surface area contributed by atoms with Crippen LogP contribution in [0, 0.1) is 11.3 Å². The third-order valence-corrected chi connectivity index (χ3v) is 5.53. The number of carboxylic acid groups (broad SMARTS) is 2. The molecule has 1 fully saturated rings. The van der Waals surface area contributed by atoms with Crippen molar-refractivity contribution in [3.63, 3.8) is 0 Å². The van der Waals surface area contributed by atoms with Crippen LogP contribution < -0.4 is 4.74 Å². The second kappa shape index (κ2) is 9.61. The van der Waals surface area contributed by atoms with Crippen LogP contribution in [-0.2, 0) is 16.1 Å². The minimum Gasteiger partial charge on any atom is -0.497 e. The minimum absolute atomic E-state index is 0.0510. The Bertz CT molecular complexity index is 956. The lowest BCUT2D eigenvalue weighted by molar-refractivity contribution is -0.144. The summed E-state index contributed by atoms with van der Waals surface area (Å²) in [5.41, 5.74) is 1.42. The molecule has 0 saturated carbocycles. The predicted molar refractivity (Wildman–Crippen MR) is 109 cm³/mol. The first-order chi connectivity index (χ1) is 14.4. The molecule has 160 valence electrons. The number of ether oxygens (including phenoxy) is 1. The van der Waals surface area contributed by atoms with Crippen LogP contribution in [-0.4, -0.2) is 76.4 Å². The molecule has 0 unspecified atom stereocenters. The van der Waals surface area contributed by atoms with Crippen LogP contribution in [0.5, 0.6) is 5.75 Å². The van der Waals surface area contributed by atoms with Crippen LogP contribution in [0.3, 0.4) is 0 Å². The van der Waals surface area contributed by atoms with Crippen molar-refractivity contribution in [1.82, 2.24) is 14.4 Å². The third kappa shape index (κ3) is 4.72. The van der Waals surface area contributed by atoms with E-state index in [1.54, 1.807) is 30.0 Å². The van der Waals surface area contributed by atoms with Crippen LogP contribution >= 0.6 is 0 Å². The van der Waals surface area contributed by atoms with Gasteiger partial charge in [-0.15, -0.1) is 0 Å². The monoisotopic (exact) mass is 414 g/mol. The van der Waals surface area contributed by atoms with Crippen LogP contribution in [0.4, 0.5) is 0 Å². The Morgan fingerprint density at radius 1 is 1.20 bits per heavy atom.